The molecule has 1 unspecified atom stereocenters. The molecule has 3 rings (SSSR count). The van der Waals surface area contributed by atoms with Gasteiger partial charge in [0.1, 0.15) is 5.82 Å². The number of hydrogen-bond acceptors (Lipinski definition) is 5. The van der Waals surface area contributed by atoms with E-state index in [1.165, 1.54) is 18.2 Å². The summed E-state index contributed by atoms with van der Waals surface area (Å²) in [5, 5.41) is 15.8. The van der Waals surface area contributed by atoms with E-state index in [9.17, 15) is 4.79 Å². The highest BCUT2D eigenvalue weighted by molar-refractivity contribution is 7.99. The molecular formula is C13H22ClN5OS. The smallest absolute Gasteiger partial charge is 0.230 e. The van der Waals surface area contributed by atoms with E-state index in [1.807, 2.05) is 11.6 Å². The van der Waals surface area contributed by atoms with Crippen molar-refractivity contribution in [3.05, 3.63) is 5.82 Å². The number of halogens is 1. The molecule has 8 heteroatoms. The molecule has 21 heavy (non-hydrogen) atoms. The maximum Gasteiger partial charge on any atom is 0.230 e. The molecule has 2 aliphatic rings. The van der Waals surface area contributed by atoms with Gasteiger partial charge >= 0.3 is 0 Å². The Bertz CT molecular complexity index is 485. The predicted octanol–water partition coefficient (Wildman–Crippen LogP) is 1.07. The van der Waals surface area contributed by atoms with Gasteiger partial charge in [-0.2, -0.15) is 0 Å². The van der Waals surface area contributed by atoms with E-state index in [0.29, 0.717) is 17.7 Å². The van der Waals surface area contributed by atoms with E-state index >= 15 is 0 Å². The van der Waals surface area contributed by atoms with Crippen LogP contribution in [0.25, 0.3) is 0 Å². The van der Waals surface area contributed by atoms with Gasteiger partial charge in [-0.05, 0) is 32.2 Å². The van der Waals surface area contributed by atoms with E-state index in [-0.39, 0.29) is 18.3 Å². The number of hydrogen-bond donors (Lipinski definition) is 2. The molecule has 0 bridgehead atoms. The minimum Gasteiger partial charge on any atom is -0.353 e. The Morgan fingerprint density at radius 1 is 1.43 bits per heavy atom. The van der Waals surface area contributed by atoms with Gasteiger partial charge in [0.05, 0.1) is 5.75 Å². The zero-order chi connectivity index (χ0) is 13.9. The van der Waals surface area contributed by atoms with Crippen molar-refractivity contribution in [2.75, 3.05) is 18.8 Å². The summed E-state index contributed by atoms with van der Waals surface area (Å²) >= 11 is 1.47. The average molecular weight is 332 g/mol. The first kappa shape index (κ1) is 16.6. The number of carbonyl (C=O) groups is 1. The highest BCUT2D eigenvalue weighted by atomic mass is 35.5. The molecule has 1 aromatic heterocycles. The maximum atomic E-state index is 11.7. The van der Waals surface area contributed by atoms with Crippen molar-refractivity contribution in [3.8, 4) is 0 Å². The summed E-state index contributed by atoms with van der Waals surface area (Å²) in [5.74, 6) is 1.99. The van der Waals surface area contributed by atoms with Crippen LogP contribution in [0.3, 0.4) is 0 Å². The number of piperidine rings is 1. The first-order chi connectivity index (χ1) is 9.74. The Hall–Kier alpha value is -0.790. The Morgan fingerprint density at radius 2 is 2.24 bits per heavy atom. The molecule has 1 aliphatic heterocycles. The number of rotatable bonds is 5. The van der Waals surface area contributed by atoms with Crippen LogP contribution >= 0.6 is 24.2 Å². The lowest BCUT2D eigenvalue weighted by Crippen LogP contribution is -2.30. The summed E-state index contributed by atoms with van der Waals surface area (Å²) in [6.45, 7) is 2.07. The number of nitrogens with one attached hydrogen (secondary N) is 2. The Morgan fingerprint density at radius 3 is 2.90 bits per heavy atom. The third-order valence-corrected chi connectivity index (χ3v) is 4.83. The Kier molecular flexibility index (Phi) is 5.89. The second-order valence-corrected chi connectivity index (χ2v) is 6.52. The number of amides is 1. The molecular weight excluding hydrogens is 310 g/mol. The van der Waals surface area contributed by atoms with Gasteiger partial charge in [0.25, 0.3) is 0 Å². The van der Waals surface area contributed by atoms with Gasteiger partial charge in [-0.25, -0.2) is 0 Å². The molecule has 0 aromatic carbocycles. The van der Waals surface area contributed by atoms with Crippen LogP contribution in [-0.4, -0.2) is 45.6 Å². The molecule has 1 aromatic rings. The fraction of sp³-hybridized carbons (Fsp3) is 0.769. The van der Waals surface area contributed by atoms with Crippen molar-refractivity contribution in [3.63, 3.8) is 0 Å². The molecule has 1 amide bonds. The van der Waals surface area contributed by atoms with Crippen molar-refractivity contribution < 1.29 is 4.79 Å². The van der Waals surface area contributed by atoms with E-state index in [4.69, 9.17) is 0 Å². The third-order valence-electron chi connectivity index (χ3n) is 3.81. The third kappa shape index (κ3) is 4.34. The van der Waals surface area contributed by atoms with Crippen LogP contribution in [-0.2, 0) is 11.8 Å². The first-order valence-electron chi connectivity index (χ1n) is 7.26. The quantitative estimate of drug-likeness (QED) is 0.790. The SMILES string of the molecule is Cl.Cn1c(SCC(=O)NC2CC2)nnc1C1CCCNC1. The van der Waals surface area contributed by atoms with Crippen LogP contribution in [0.2, 0.25) is 0 Å². The number of nitrogens with zero attached hydrogens (tertiary/aromatic N) is 3. The van der Waals surface area contributed by atoms with Crippen LogP contribution in [0, 0.1) is 0 Å². The number of carbonyl (C=O) groups excluding carboxylic acids is 1. The highest BCUT2D eigenvalue weighted by Crippen LogP contribution is 2.25. The highest BCUT2D eigenvalue weighted by Gasteiger charge is 2.24. The fourth-order valence-corrected chi connectivity index (χ4v) is 3.24. The summed E-state index contributed by atoms with van der Waals surface area (Å²) < 4.78 is 2.03. The molecule has 1 aliphatic carbocycles. The topological polar surface area (TPSA) is 71.8 Å². The summed E-state index contributed by atoms with van der Waals surface area (Å²) in [4.78, 5) is 11.7. The average Bonchev–Trinajstić information content (AvgIpc) is 3.19. The van der Waals surface area contributed by atoms with Crippen molar-refractivity contribution in [2.45, 2.75) is 42.8 Å². The normalized spacial score (nSPS) is 21.7. The number of aromatic nitrogens is 3. The van der Waals surface area contributed by atoms with Crippen molar-refractivity contribution >= 4 is 30.1 Å². The summed E-state index contributed by atoms with van der Waals surface area (Å²) in [7, 11) is 1.99. The van der Waals surface area contributed by atoms with E-state index in [0.717, 1.165) is 43.3 Å². The first-order valence-corrected chi connectivity index (χ1v) is 8.25. The standard InChI is InChI=1S/C13H21N5OS.ClH/c1-18-12(9-3-2-6-14-7-9)16-17-13(18)20-8-11(19)15-10-4-5-10;/h9-10,14H,2-8H2,1H3,(H,15,19);1H. The zero-order valence-corrected chi connectivity index (χ0v) is 13.8. The predicted molar refractivity (Wildman–Crippen MR) is 85.0 cm³/mol. The molecule has 1 saturated carbocycles. The fourth-order valence-electron chi connectivity index (χ4n) is 2.51. The molecule has 118 valence electrons. The summed E-state index contributed by atoms with van der Waals surface area (Å²) in [6.07, 6.45) is 4.59. The van der Waals surface area contributed by atoms with Gasteiger partial charge in [0, 0.05) is 25.6 Å². The second kappa shape index (κ2) is 7.47. The summed E-state index contributed by atoms with van der Waals surface area (Å²) in [5.41, 5.74) is 0. The van der Waals surface area contributed by atoms with E-state index in [2.05, 4.69) is 20.8 Å². The summed E-state index contributed by atoms with van der Waals surface area (Å²) in [6, 6.07) is 0.423. The van der Waals surface area contributed by atoms with Crippen LogP contribution in [0.1, 0.15) is 37.4 Å². The van der Waals surface area contributed by atoms with Crippen molar-refractivity contribution in [2.24, 2.45) is 7.05 Å². The maximum absolute atomic E-state index is 11.7. The van der Waals surface area contributed by atoms with Crippen molar-refractivity contribution in [1.82, 2.24) is 25.4 Å². The lowest BCUT2D eigenvalue weighted by Gasteiger charge is -2.21. The minimum atomic E-state index is 0. The van der Waals surface area contributed by atoms with Crippen molar-refractivity contribution in [1.29, 1.82) is 0 Å². The second-order valence-electron chi connectivity index (χ2n) is 5.57. The van der Waals surface area contributed by atoms with Gasteiger partial charge in [-0.15, -0.1) is 22.6 Å². The Balaban J connectivity index is 0.00000161. The van der Waals surface area contributed by atoms with Gasteiger partial charge in [-0.1, -0.05) is 11.8 Å². The minimum absolute atomic E-state index is 0. The number of thioether (sulfide) groups is 1. The monoisotopic (exact) mass is 331 g/mol. The largest absolute Gasteiger partial charge is 0.353 e. The van der Waals surface area contributed by atoms with Crippen LogP contribution in [0.15, 0.2) is 5.16 Å². The van der Waals surface area contributed by atoms with Gasteiger partial charge in [0.2, 0.25) is 5.91 Å². The van der Waals surface area contributed by atoms with E-state index in [1.54, 1.807) is 0 Å². The lowest BCUT2D eigenvalue weighted by molar-refractivity contribution is -0.118. The molecule has 2 heterocycles. The van der Waals surface area contributed by atoms with Gasteiger partial charge < -0.3 is 15.2 Å². The molecule has 1 atom stereocenters. The van der Waals surface area contributed by atoms with Crippen LogP contribution in [0.4, 0.5) is 0 Å². The lowest BCUT2D eigenvalue weighted by atomic mass is 9.99. The van der Waals surface area contributed by atoms with Crippen LogP contribution in [0.5, 0.6) is 0 Å². The molecule has 0 spiro atoms. The van der Waals surface area contributed by atoms with Gasteiger partial charge in [0.15, 0.2) is 5.16 Å². The Labute approximate surface area is 135 Å². The molecule has 6 nitrogen and oxygen atoms in total. The zero-order valence-electron chi connectivity index (χ0n) is 12.2. The molecule has 0 radical (unpaired) electrons. The van der Waals surface area contributed by atoms with Gasteiger partial charge in [-0.3, -0.25) is 4.79 Å². The molecule has 2 N–H and O–H groups in total. The van der Waals surface area contributed by atoms with E-state index < -0.39 is 0 Å². The van der Waals surface area contributed by atoms with Crippen LogP contribution < -0.4 is 10.6 Å². The molecule has 2 fully saturated rings. The molecule has 1 saturated heterocycles.